The molecule has 2 N–H and O–H groups in total. The summed E-state index contributed by atoms with van der Waals surface area (Å²) in [5.41, 5.74) is 1.72. The van der Waals surface area contributed by atoms with Crippen molar-refractivity contribution in [3.05, 3.63) is 47.5 Å². The average Bonchev–Trinajstić information content (AvgIpc) is 2.37. The van der Waals surface area contributed by atoms with Crippen LogP contribution in [0.2, 0.25) is 0 Å². The van der Waals surface area contributed by atoms with Crippen LogP contribution in [0.25, 0.3) is 0 Å². The van der Waals surface area contributed by atoms with Gasteiger partial charge in [-0.2, -0.15) is 0 Å². The van der Waals surface area contributed by atoms with Crippen molar-refractivity contribution in [1.29, 1.82) is 0 Å². The molecule has 1 unspecified atom stereocenters. The molecule has 0 aromatic heterocycles. The third-order valence-electron chi connectivity index (χ3n) is 2.64. The SMILES string of the molecule is Cc1ccc([O-])c(SP(=O)(O)Sc2cc(C)ccc2O)c1.[Na+]. The van der Waals surface area contributed by atoms with Crippen LogP contribution in [0, 0.1) is 13.8 Å². The molecule has 0 spiro atoms. The Balaban J connectivity index is 0.00000242. The molecule has 0 fully saturated rings. The van der Waals surface area contributed by atoms with Crippen molar-refractivity contribution >= 4 is 28.5 Å². The fraction of sp³-hybridized carbons (Fsp3) is 0.143. The van der Waals surface area contributed by atoms with Crippen LogP contribution in [0.5, 0.6) is 11.5 Å². The first-order valence-electron chi connectivity index (χ1n) is 6.06. The van der Waals surface area contributed by atoms with Gasteiger partial charge >= 0.3 is 35.3 Å². The van der Waals surface area contributed by atoms with Gasteiger partial charge in [0, 0.05) is 4.90 Å². The maximum atomic E-state index is 12.3. The molecule has 112 valence electrons. The number of aryl methyl sites for hydroxylation is 2. The van der Waals surface area contributed by atoms with Crippen LogP contribution in [0.15, 0.2) is 46.2 Å². The van der Waals surface area contributed by atoms with E-state index in [2.05, 4.69) is 0 Å². The van der Waals surface area contributed by atoms with Crippen LogP contribution in [0.3, 0.4) is 0 Å². The summed E-state index contributed by atoms with van der Waals surface area (Å²) in [6, 6.07) is 9.46. The normalized spacial score (nSPS) is 13.2. The second kappa shape index (κ2) is 8.15. The number of rotatable bonds is 4. The number of phenolic OH excluding ortho intramolecular Hbond substituents is 1. The maximum Gasteiger partial charge on any atom is 1.00 e. The zero-order valence-corrected chi connectivity index (χ0v) is 17.0. The number of phenols is 1. The smallest absolute Gasteiger partial charge is 0.872 e. The Kier molecular flexibility index (Phi) is 7.40. The number of hydrogen-bond acceptors (Lipinski definition) is 5. The van der Waals surface area contributed by atoms with Crippen LogP contribution in [0.4, 0.5) is 0 Å². The van der Waals surface area contributed by atoms with E-state index in [1.54, 1.807) is 24.3 Å². The molecule has 22 heavy (non-hydrogen) atoms. The van der Waals surface area contributed by atoms with Gasteiger partial charge in [0.1, 0.15) is 5.75 Å². The van der Waals surface area contributed by atoms with Crippen molar-refractivity contribution in [3.63, 3.8) is 0 Å². The molecular weight excluding hydrogens is 350 g/mol. The molecular formula is C14H14NaO4PS2. The molecule has 2 aromatic carbocycles. The van der Waals surface area contributed by atoms with Gasteiger partial charge in [-0.25, -0.2) is 0 Å². The molecule has 0 aliphatic rings. The van der Waals surface area contributed by atoms with Crippen LogP contribution in [-0.4, -0.2) is 10.00 Å². The van der Waals surface area contributed by atoms with Crippen molar-refractivity contribution < 1.29 is 49.2 Å². The van der Waals surface area contributed by atoms with E-state index in [-0.39, 0.29) is 46.0 Å². The minimum atomic E-state index is -3.76. The summed E-state index contributed by atoms with van der Waals surface area (Å²) < 4.78 is 12.3. The van der Waals surface area contributed by atoms with Gasteiger partial charge in [-0.1, -0.05) is 29.5 Å². The second-order valence-corrected chi connectivity index (χ2v) is 11.5. The molecule has 2 aromatic rings. The van der Waals surface area contributed by atoms with Crippen molar-refractivity contribution in [1.82, 2.24) is 0 Å². The van der Waals surface area contributed by atoms with E-state index in [0.29, 0.717) is 27.7 Å². The molecule has 0 amide bonds. The fourth-order valence-electron chi connectivity index (χ4n) is 1.65. The Morgan fingerprint density at radius 2 is 1.50 bits per heavy atom. The molecule has 0 aliphatic heterocycles. The Bertz CT molecular complexity index is 666. The molecule has 0 heterocycles. The van der Waals surface area contributed by atoms with Crippen molar-refractivity contribution in [2.75, 3.05) is 0 Å². The molecule has 0 bridgehead atoms. The topological polar surface area (TPSA) is 80.6 Å². The quantitative estimate of drug-likeness (QED) is 0.624. The Labute approximate surface area is 159 Å². The first-order valence-corrected chi connectivity index (χ1v) is 10.6. The molecule has 0 saturated carbocycles. The van der Waals surface area contributed by atoms with Gasteiger partial charge in [-0.3, -0.25) is 4.57 Å². The van der Waals surface area contributed by atoms with E-state index in [0.717, 1.165) is 11.1 Å². The van der Waals surface area contributed by atoms with Crippen LogP contribution < -0.4 is 34.7 Å². The van der Waals surface area contributed by atoms with Gasteiger partial charge in [0.05, 0.1) is 4.90 Å². The zero-order valence-electron chi connectivity index (χ0n) is 12.4. The summed E-state index contributed by atoms with van der Waals surface area (Å²) in [6.45, 7) is 3.64. The van der Waals surface area contributed by atoms with Crippen molar-refractivity contribution in [3.8, 4) is 11.5 Å². The number of benzene rings is 2. The van der Waals surface area contributed by atoms with Gasteiger partial charge in [-0.05, 0) is 60.4 Å². The van der Waals surface area contributed by atoms with Crippen molar-refractivity contribution in [2.24, 2.45) is 0 Å². The summed E-state index contributed by atoms with van der Waals surface area (Å²) in [6.07, 6.45) is 0. The Morgan fingerprint density at radius 3 is 2.14 bits per heavy atom. The van der Waals surface area contributed by atoms with Crippen molar-refractivity contribution in [2.45, 2.75) is 23.6 Å². The van der Waals surface area contributed by atoms with Gasteiger partial charge in [0.15, 0.2) is 0 Å². The van der Waals surface area contributed by atoms with Crippen LogP contribution in [0.1, 0.15) is 11.1 Å². The molecule has 0 saturated heterocycles. The van der Waals surface area contributed by atoms with E-state index in [4.69, 9.17) is 0 Å². The summed E-state index contributed by atoms with van der Waals surface area (Å²) >= 11 is 1.33. The molecule has 0 radical (unpaired) electrons. The maximum absolute atomic E-state index is 12.3. The monoisotopic (exact) mass is 364 g/mol. The predicted octanol–water partition coefficient (Wildman–Crippen LogP) is 1.07. The zero-order chi connectivity index (χ0) is 15.6. The first-order chi connectivity index (χ1) is 9.77. The number of aromatic hydroxyl groups is 1. The Morgan fingerprint density at radius 1 is 1.00 bits per heavy atom. The molecule has 4 nitrogen and oxygen atoms in total. The van der Waals surface area contributed by atoms with Gasteiger partial charge in [-0.15, -0.1) is 0 Å². The van der Waals surface area contributed by atoms with Gasteiger partial charge in [0.25, 0.3) is 0 Å². The average molecular weight is 364 g/mol. The largest absolute Gasteiger partial charge is 1.00 e. The Hall–Kier alpha value is -0.0700. The van der Waals surface area contributed by atoms with Gasteiger partial charge < -0.3 is 15.1 Å². The first kappa shape index (κ1) is 20.0. The third kappa shape index (κ3) is 5.53. The minimum absolute atomic E-state index is 0. The summed E-state index contributed by atoms with van der Waals surface area (Å²) in [4.78, 5) is 10.6. The minimum Gasteiger partial charge on any atom is -0.872 e. The molecule has 0 aliphatic carbocycles. The summed E-state index contributed by atoms with van der Waals surface area (Å²) in [7, 11) is 0. The van der Waals surface area contributed by atoms with E-state index in [1.165, 1.54) is 12.1 Å². The number of hydrogen-bond donors (Lipinski definition) is 2. The van der Waals surface area contributed by atoms with Crippen LogP contribution in [-0.2, 0) is 4.57 Å². The summed E-state index contributed by atoms with van der Waals surface area (Å²) in [5.74, 6) is -4.09. The molecule has 1 atom stereocenters. The third-order valence-corrected chi connectivity index (χ3v) is 8.05. The fourth-order valence-corrected chi connectivity index (χ4v) is 7.23. The standard InChI is InChI=1S/C14H15O4PS2.Na/c1-9-3-5-11(15)13(7-9)20-19(17,18)21-14-8-10(2)4-6-12(14)16;/h3-8,15-16H,1-2H3,(H,17,18);/q;+1/p-1. The molecule has 2 rings (SSSR count). The van der Waals surface area contributed by atoms with Crippen LogP contribution >= 0.6 is 28.5 Å². The van der Waals surface area contributed by atoms with E-state index in [9.17, 15) is 19.7 Å². The van der Waals surface area contributed by atoms with E-state index >= 15 is 0 Å². The predicted molar refractivity (Wildman–Crippen MR) is 85.0 cm³/mol. The summed E-state index contributed by atoms with van der Waals surface area (Å²) in [5, 5.41) is 21.4. The molecule has 8 heteroatoms. The van der Waals surface area contributed by atoms with Gasteiger partial charge in [0.2, 0.25) is 0 Å². The van der Waals surface area contributed by atoms with E-state index in [1.807, 2.05) is 13.8 Å². The van der Waals surface area contributed by atoms with E-state index < -0.39 is 5.77 Å². The second-order valence-electron chi connectivity index (χ2n) is 4.57.